The minimum absolute atomic E-state index is 0.0468. The van der Waals surface area contributed by atoms with Crippen LogP contribution in [0.2, 0.25) is 0 Å². The van der Waals surface area contributed by atoms with E-state index >= 15 is 0 Å². The maximum atomic E-state index is 12.1. The third kappa shape index (κ3) is 3.13. The first-order chi connectivity index (χ1) is 8.57. The van der Waals surface area contributed by atoms with Gasteiger partial charge in [-0.25, -0.2) is 0 Å². The molecule has 1 atom stereocenters. The van der Waals surface area contributed by atoms with Gasteiger partial charge in [-0.3, -0.25) is 4.79 Å². The Morgan fingerprint density at radius 3 is 2.67 bits per heavy atom. The molecule has 1 rings (SSSR count). The topological polar surface area (TPSA) is 66.0 Å². The first-order valence-corrected chi connectivity index (χ1v) is 6.32. The SMILES string of the molecule is CCC(C#N)(CC)C(=O)NC(C)Cc1ccco1. The summed E-state index contributed by atoms with van der Waals surface area (Å²) in [6.07, 6.45) is 3.30. The number of amides is 1. The highest BCUT2D eigenvalue weighted by Gasteiger charge is 2.35. The van der Waals surface area contributed by atoms with Crippen molar-refractivity contribution >= 4 is 5.91 Å². The van der Waals surface area contributed by atoms with Gasteiger partial charge in [0.2, 0.25) is 5.91 Å². The maximum absolute atomic E-state index is 12.1. The van der Waals surface area contributed by atoms with Gasteiger partial charge in [0.05, 0.1) is 12.3 Å². The maximum Gasteiger partial charge on any atom is 0.240 e. The van der Waals surface area contributed by atoms with Crippen LogP contribution in [0.25, 0.3) is 0 Å². The van der Waals surface area contributed by atoms with Crippen LogP contribution >= 0.6 is 0 Å². The Balaban J connectivity index is 2.61. The monoisotopic (exact) mass is 248 g/mol. The zero-order chi connectivity index (χ0) is 13.6. The Bertz CT molecular complexity index is 414. The molecule has 0 aromatic carbocycles. The Morgan fingerprint density at radius 1 is 1.56 bits per heavy atom. The van der Waals surface area contributed by atoms with Gasteiger partial charge in [-0.15, -0.1) is 0 Å². The molecule has 1 unspecified atom stereocenters. The molecule has 0 radical (unpaired) electrons. The lowest BCUT2D eigenvalue weighted by Gasteiger charge is -2.24. The summed E-state index contributed by atoms with van der Waals surface area (Å²) >= 11 is 0. The van der Waals surface area contributed by atoms with E-state index in [1.54, 1.807) is 6.26 Å². The Labute approximate surface area is 108 Å². The molecule has 1 amide bonds. The number of nitrogens with one attached hydrogen (secondary N) is 1. The highest BCUT2D eigenvalue weighted by molar-refractivity contribution is 5.85. The van der Waals surface area contributed by atoms with Crippen LogP contribution in [0.15, 0.2) is 22.8 Å². The highest BCUT2D eigenvalue weighted by atomic mass is 16.3. The molecule has 0 saturated heterocycles. The van der Waals surface area contributed by atoms with E-state index in [9.17, 15) is 10.1 Å². The van der Waals surface area contributed by atoms with Gasteiger partial charge in [0.15, 0.2) is 0 Å². The fourth-order valence-electron chi connectivity index (χ4n) is 1.92. The molecule has 4 nitrogen and oxygen atoms in total. The minimum Gasteiger partial charge on any atom is -0.469 e. The van der Waals surface area contributed by atoms with Crippen LogP contribution < -0.4 is 5.32 Å². The summed E-state index contributed by atoms with van der Waals surface area (Å²) in [6.45, 7) is 5.64. The summed E-state index contributed by atoms with van der Waals surface area (Å²) in [5.74, 6) is 0.646. The van der Waals surface area contributed by atoms with Crippen molar-refractivity contribution in [1.82, 2.24) is 5.32 Å². The summed E-state index contributed by atoms with van der Waals surface area (Å²) in [4.78, 5) is 12.1. The summed E-state index contributed by atoms with van der Waals surface area (Å²) < 4.78 is 5.23. The molecule has 0 fully saturated rings. The van der Waals surface area contributed by atoms with E-state index in [-0.39, 0.29) is 11.9 Å². The van der Waals surface area contributed by atoms with Crippen molar-refractivity contribution in [2.24, 2.45) is 5.41 Å². The lowest BCUT2D eigenvalue weighted by Crippen LogP contribution is -2.44. The van der Waals surface area contributed by atoms with E-state index in [0.29, 0.717) is 19.3 Å². The molecule has 4 heteroatoms. The van der Waals surface area contributed by atoms with Crippen molar-refractivity contribution in [1.29, 1.82) is 5.26 Å². The number of carbonyl (C=O) groups is 1. The number of hydrogen-bond donors (Lipinski definition) is 1. The fourth-order valence-corrected chi connectivity index (χ4v) is 1.92. The van der Waals surface area contributed by atoms with E-state index in [1.165, 1.54) is 0 Å². The lowest BCUT2D eigenvalue weighted by atomic mass is 9.83. The molecule has 1 heterocycles. The van der Waals surface area contributed by atoms with Crippen LogP contribution in [0, 0.1) is 16.7 Å². The third-order valence-electron chi connectivity index (χ3n) is 3.32. The predicted octanol–water partition coefficient (Wildman–Crippen LogP) is 2.66. The van der Waals surface area contributed by atoms with E-state index in [1.807, 2.05) is 32.9 Å². The molecule has 1 aromatic heterocycles. The van der Waals surface area contributed by atoms with Crippen LogP contribution in [-0.2, 0) is 11.2 Å². The summed E-state index contributed by atoms with van der Waals surface area (Å²) in [5, 5.41) is 12.1. The molecule has 0 saturated carbocycles. The van der Waals surface area contributed by atoms with Crippen LogP contribution in [0.3, 0.4) is 0 Å². The van der Waals surface area contributed by atoms with Gasteiger partial charge in [0.1, 0.15) is 11.2 Å². The largest absolute Gasteiger partial charge is 0.469 e. The molecule has 18 heavy (non-hydrogen) atoms. The van der Waals surface area contributed by atoms with E-state index in [4.69, 9.17) is 4.42 Å². The molecule has 0 spiro atoms. The van der Waals surface area contributed by atoms with Crippen LogP contribution in [0.1, 0.15) is 39.4 Å². The van der Waals surface area contributed by atoms with Crippen molar-refractivity contribution in [3.63, 3.8) is 0 Å². The Kier molecular flexibility index (Phi) is 4.96. The van der Waals surface area contributed by atoms with Gasteiger partial charge in [0, 0.05) is 12.5 Å². The fraction of sp³-hybridized carbons (Fsp3) is 0.571. The number of nitriles is 1. The smallest absolute Gasteiger partial charge is 0.240 e. The summed E-state index contributed by atoms with van der Waals surface area (Å²) in [7, 11) is 0. The van der Waals surface area contributed by atoms with Gasteiger partial charge in [-0.1, -0.05) is 13.8 Å². The molecular formula is C14H20N2O2. The molecule has 1 N–H and O–H groups in total. The van der Waals surface area contributed by atoms with Gasteiger partial charge in [0.25, 0.3) is 0 Å². The third-order valence-corrected chi connectivity index (χ3v) is 3.32. The first kappa shape index (κ1) is 14.3. The molecule has 0 aliphatic heterocycles. The molecule has 0 aliphatic carbocycles. The highest BCUT2D eigenvalue weighted by Crippen LogP contribution is 2.25. The molecule has 0 aliphatic rings. The molecule has 1 aromatic rings. The normalized spacial score (nSPS) is 12.8. The zero-order valence-electron chi connectivity index (χ0n) is 11.2. The van der Waals surface area contributed by atoms with Crippen molar-refractivity contribution in [2.45, 2.75) is 46.1 Å². The van der Waals surface area contributed by atoms with Gasteiger partial charge >= 0.3 is 0 Å². The predicted molar refractivity (Wildman–Crippen MR) is 68.6 cm³/mol. The molecular weight excluding hydrogens is 228 g/mol. The number of rotatable bonds is 6. The van der Waals surface area contributed by atoms with Gasteiger partial charge in [-0.2, -0.15) is 5.26 Å². The number of carbonyl (C=O) groups excluding carboxylic acids is 1. The Hall–Kier alpha value is -1.76. The number of furan rings is 1. The second-order valence-corrected chi connectivity index (χ2v) is 4.56. The average molecular weight is 248 g/mol. The number of hydrogen-bond acceptors (Lipinski definition) is 3. The Morgan fingerprint density at radius 2 is 2.22 bits per heavy atom. The lowest BCUT2D eigenvalue weighted by molar-refractivity contribution is -0.129. The molecule has 98 valence electrons. The molecule has 0 bridgehead atoms. The minimum atomic E-state index is -0.905. The van der Waals surface area contributed by atoms with Crippen molar-refractivity contribution < 1.29 is 9.21 Å². The standard InChI is InChI=1S/C14H20N2O2/c1-4-14(5-2,10-15)13(17)16-11(3)9-12-7-6-8-18-12/h6-8,11H,4-5,9H2,1-3H3,(H,16,17). The van der Waals surface area contributed by atoms with Gasteiger partial charge < -0.3 is 9.73 Å². The van der Waals surface area contributed by atoms with Crippen molar-refractivity contribution in [3.8, 4) is 6.07 Å². The second-order valence-electron chi connectivity index (χ2n) is 4.56. The van der Waals surface area contributed by atoms with E-state index in [0.717, 1.165) is 5.76 Å². The first-order valence-electron chi connectivity index (χ1n) is 6.32. The van der Waals surface area contributed by atoms with Crippen LogP contribution in [-0.4, -0.2) is 11.9 Å². The quantitative estimate of drug-likeness (QED) is 0.841. The summed E-state index contributed by atoms with van der Waals surface area (Å²) in [5.41, 5.74) is -0.905. The number of nitrogens with zero attached hydrogens (tertiary/aromatic N) is 1. The summed E-state index contributed by atoms with van der Waals surface area (Å²) in [6, 6.07) is 5.79. The van der Waals surface area contributed by atoms with Crippen molar-refractivity contribution in [3.05, 3.63) is 24.2 Å². The van der Waals surface area contributed by atoms with Gasteiger partial charge in [-0.05, 0) is 31.9 Å². The van der Waals surface area contributed by atoms with E-state index in [2.05, 4.69) is 11.4 Å². The van der Waals surface area contributed by atoms with Crippen molar-refractivity contribution in [2.75, 3.05) is 0 Å². The van der Waals surface area contributed by atoms with Crippen LogP contribution in [0.5, 0.6) is 0 Å². The zero-order valence-corrected chi connectivity index (χ0v) is 11.2. The average Bonchev–Trinajstić information content (AvgIpc) is 2.84. The second kappa shape index (κ2) is 6.25. The van der Waals surface area contributed by atoms with E-state index < -0.39 is 5.41 Å². The van der Waals surface area contributed by atoms with Crippen LogP contribution in [0.4, 0.5) is 0 Å².